The first-order valence-electron chi connectivity index (χ1n) is 10.8. The van der Waals surface area contributed by atoms with Gasteiger partial charge < -0.3 is 10.2 Å². The highest BCUT2D eigenvalue weighted by molar-refractivity contribution is 6.30. The molecule has 33 heavy (non-hydrogen) atoms. The number of carbonyl (C=O) groups excluding carboxylic acids is 1. The molecule has 1 aliphatic heterocycles. The van der Waals surface area contributed by atoms with E-state index in [4.69, 9.17) is 11.6 Å². The summed E-state index contributed by atoms with van der Waals surface area (Å²) >= 11 is 6.02. The van der Waals surface area contributed by atoms with E-state index in [1.807, 2.05) is 12.1 Å². The van der Waals surface area contributed by atoms with Crippen molar-refractivity contribution in [1.29, 1.82) is 0 Å². The smallest absolute Gasteiger partial charge is 0.159 e. The van der Waals surface area contributed by atoms with Gasteiger partial charge in [0.1, 0.15) is 18.0 Å². The Labute approximate surface area is 196 Å². The summed E-state index contributed by atoms with van der Waals surface area (Å²) in [4.78, 5) is 23.2. The average molecular weight is 461 g/mol. The average Bonchev–Trinajstić information content (AvgIpc) is 3.26. The van der Waals surface area contributed by atoms with Crippen LogP contribution in [0.15, 0.2) is 49.3 Å². The second kappa shape index (κ2) is 8.58. The third-order valence-corrected chi connectivity index (χ3v) is 6.62. The number of benzene rings is 2. The Morgan fingerprint density at radius 1 is 1.30 bits per heavy atom. The molecular formula is C26H22ClFN4O. The number of piperidine rings is 1. The van der Waals surface area contributed by atoms with Gasteiger partial charge in [-0.25, -0.2) is 14.4 Å². The van der Waals surface area contributed by atoms with Crippen LogP contribution < -0.4 is 5.32 Å². The molecule has 1 saturated heterocycles. The highest BCUT2D eigenvalue weighted by Gasteiger charge is 2.53. The maximum atomic E-state index is 14.3. The first kappa shape index (κ1) is 21.6. The van der Waals surface area contributed by atoms with Crippen LogP contribution in [0.2, 0.25) is 5.02 Å². The first-order chi connectivity index (χ1) is 15.9. The molecule has 2 aromatic carbocycles. The number of carbonyl (C=O) groups is 1. The third-order valence-electron chi connectivity index (χ3n) is 6.38. The van der Waals surface area contributed by atoms with E-state index in [2.05, 4.69) is 45.7 Å². The van der Waals surface area contributed by atoms with Gasteiger partial charge in [0.05, 0.1) is 11.2 Å². The Morgan fingerprint density at radius 3 is 2.85 bits per heavy atom. The van der Waals surface area contributed by atoms with Crippen molar-refractivity contribution in [2.45, 2.75) is 6.42 Å². The van der Waals surface area contributed by atoms with Crippen LogP contribution in [-0.2, 0) is 11.2 Å². The molecular weight excluding hydrogens is 439 g/mol. The van der Waals surface area contributed by atoms with Crippen LogP contribution in [0.4, 0.5) is 15.9 Å². The topological polar surface area (TPSA) is 58.1 Å². The number of hydrogen-bond donors (Lipinski definition) is 1. The summed E-state index contributed by atoms with van der Waals surface area (Å²) in [5, 5.41) is 4.08. The summed E-state index contributed by atoms with van der Waals surface area (Å²) in [6.07, 6.45) is 2.90. The zero-order valence-corrected chi connectivity index (χ0v) is 18.9. The number of nitrogens with one attached hydrogen (secondary N) is 1. The Bertz CT molecular complexity index is 1330. The number of fused-ring (bicyclic) bond motifs is 2. The molecule has 2 fully saturated rings. The minimum atomic E-state index is -0.448. The Balaban J connectivity index is 1.53. The largest absolute Gasteiger partial charge is 0.337 e. The molecule has 5 rings (SSSR count). The highest BCUT2D eigenvalue weighted by Crippen LogP contribution is 2.50. The lowest BCUT2D eigenvalue weighted by Gasteiger charge is -2.12. The molecule has 0 bridgehead atoms. The molecule has 166 valence electrons. The zero-order valence-electron chi connectivity index (χ0n) is 18.1. The lowest BCUT2D eigenvalue weighted by Crippen LogP contribution is -2.18. The number of aromatic nitrogens is 2. The van der Waals surface area contributed by atoms with Crippen molar-refractivity contribution in [3.05, 3.63) is 71.3 Å². The van der Waals surface area contributed by atoms with Gasteiger partial charge in [0, 0.05) is 41.4 Å². The van der Waals surface area contributed by atoms with Crippen LogP contribution in [0.25, 0.3) is 10.9 Å². The second-order valence-electron chi connectivity index (χ2n) is 8.69. The number of rotatable bonds is 5. The van der Waals surface area contributed by atoms with Gasteiger partial charge in [-0.3, -0.25) is 4.79 Å². The van der Waals surface area contributed by atoms with E-state index < -0.39 is 5.82 Å². The summed E-state index contributed by atoms with van der Waals surface area (Å²) in [6, 6.07) is 8.00. The molecule has 0 radical (unpaired) electrons. The van der Waals surface area contributed by atoms with Crippen molar-refractivity contribution >= 4 is 39.8 Å². The zero-order chi connectivity index (χ0) is 23.1. The maximum absolute atomic E-state index is 14.3. The molecule has 3 atom stereocenters. The minimum Gasteiger partial charge on any atom is -0.337 e. The van der Waals surface area contributed by atoms with E-state index in [9.17, 15) is 9.18 Å². The molecule has 1 saturated carbocycles. The van der Waals surface area contributed by atoms with Crippen LogP contribution in [0.3, 0.4) is 0 Å². The predicted molar refractivity (Wildman–Crippen MR) is 128 cm³/mol. The van der Waals surface area contributed by atoms with Crippen molar-refractivity contribution in [3.63, 3.8) is 0 Å². The number of hydrogen-bond acceptors (Lipinski definition) is 5. The van der Waals surface area contributed by atoms with Gasteiger partial charge in [0.25, 0.3) is 0 Å². The second-order valence-corrected chi connectivity index (χ2v) is 9.13. The molecule has 1 unspecified atom stereocenters. The van der Waals surface area contributed by atoms with Gasteiger partial charge in [0.2, 0.25) is 0 Å². The molecule has 7 heteroatoms. The number of likely N-dealkylation sites (tertiary alicyclic amines) is 1. The van der Waals surface area contributed by atoms with Crippen molar-refractivity contribution in [1.82, 2.24) is 14.9 Å². The molecule has 1 N–H and O–H groups in total. The van der Waals surface area contributed by atoms with Crippen LogP contribution >= 0.6 is 11.6 Å². The van der Waals surface area contributed by atoms with Gasteiger partial charge in [-0.1, -0.05) is 30.0 Å². The standard InChI is InChI=1S/C26H22ClFN4O/c1-3-18(33)8-16-9-20-24(10-15(16)4-6-19-21-12-32(2)13-22(19)21)29-14-30-26(20)31-25-11-17(27)5-7-23(25)28/h3,5,7,9-11,14,19,21-22H,1,8,12-13H2,2H3,(H,29,30,31)/t19?,21-,22+. The monoisotopic (exact) mass is 460 g/mol. The van der Waals surface area contributed by atoms with E-state index >= 15 is 0 Å². The van der Waals surface area contributed by atoms with E-state index in [0.717, 1.165) is 24.2 Å². The van der Waals surface area contributed by atoms with E-state index in [1.54, 1.807) is 0 Å². The molecule has 3 aromatic rings. The Hall–Kier alpha value is -3.27. The summed E-state index contributed by atoms with van der Waals surface area (Å²) in [5.74, 6) is 8.31. The van der Waals surface area contributed by atoms with Gasteiger partial charge in [-0.05, 0) is 60.9 Å². The molecule has 1 aromatic heterocycles. The van der Waals surface area contributed by atoms with Crippen LogP contribution in [0.5, 0.6) is 0 Å². The Kier molecular flexibility index (Phi) is 5.61. The fourth-order valence-corrected chi connectivity index (χ4v) is 4.78. The lowest BCUT2D eigenvalue weighted by atomic mass is 9.99. The molecule has 2 aliphatic rings. The van der Waals surface area contributed by atoms with Gasteiger partial charge >= 0.3 is 0 Å². The lowest BCUT2D eigenvalue weighted by molar-refractivity contribution is -0.114. The van der Waals surface area contributed by atoms with Crippen molar-refractivity contribution in [3.8, 4) is 11.8 Å². The summed E-state index contributed by atoms with van der Waals surface area (Å²) in [5.41, 5.74) is 2.41. The maximum Gasteiger partial charge on any atom is 0.159 e. The molecule has 0 amide bonds. The van der Waals surface area contributed by atoms with Gasteiger partial charge in [0.15, 0.2) is 5.78 Å². The van der Waals surface area contributed by atoms with Crippen molar-refractivity contribution in [2.24, 2.45) is 17.8 Å². The summed E-state index contributed by atoms with van der Waals surface area (Å²) < 4.78 is 14.3. The van der Waals surface area contributed by atoms with E-state index in [0.29, 0.717) is 39.5 Å². The SMILES string of the molecule is C=CC(=O)Cc1cc2c(Nc3cc(Cl)ccc3F)ncnc2cc1C#CC1[C@H]2CN(C)C[C@@H]12. The minimum absolute atomic E-state index is 0.102. The van der Waals surface area contributed by atoms with Crippen LogP contribution in [-0.4, -0.2) is 40.8 Å². The van der Waals surface area contributed by atoms with Crippen LogP contribution in [0.1, 0.15) is 11.1 Å². The molecule has 0 spiro atoms. The quantitative estimate of drug-likeness (QED) is 0.444. The summed E-state index contributed by atoms with van der Waals surface area (Å²) in [7, 11) is 2.14. The highest BCUT2D eigenvalue weighted by atomic mass is 35.5. The fraction of sp³-hybridized carbons (Fsp3) is 0.269. The predicted octanol–water partition coefficient (Wildman–Crippen LogP) is 4.62. The third kappa shape index (κ3) is 4.35. The molecule has 2 heterocycles. The number of anilines is 2. The van der Waals surface area contributed by atoms with E-state index in [1.165, 1.54) is 30.6 Å². The first-order valence-corrected chi connectivity index (χ1v) is 11.2. The number of allylic oxidation sites excluding steroid dienone is 1. The molecule has 1 aliphatic carbocycles. The normalized spacial score (nSPS) is 21.2. The molecule has 5 nitrogen and oxygen atoms in total. The summed E-state index contributed by atoms with van der Waals surface area (Å²) in [6.45, 7) is 5.77. The van der Waals surface area contributed by atoms with Crippen molar-refractivity contribution in [2.75, 3.05) is 25.5 Å². The van der Waals surface area contributed by atoms with Crippen molar-refractivity contribution < 1.29 is 9.18 Å². The van der Waals surface area contributed by atoms with Crippen LogP contribution in [0, 0.1) is 35.4 Å². The number of halogens is 2. The number of ketones is 1. The van der Waals surface area contributed by atoms with Gasteiger partial charge in [-0.15, -0.1) is 0 Å². The van der Waals surface area contributed by atoms with E-state index in [-0.39, 0.29) is 17.9 Å². The fourth-order valence-electron chi connectivity index (χ4n) is 4.60. The number of nitrogens with zero attached hydrogens (tertiary/aromatic N) is 3. The van der Waals surface area contributed by atoms with Gasteiger partial charge in [-0.2, -0.15) is 0 Å². The Morgan fingerprint density at radius 2 is 2.09 bits per heavy atom.